The molecule has 0 aliphatic carbocycles. The molecule has 2 heterocycles. The Labute approximate surface area is 118 Å². The van der Waals surface area contributed by atoms with E-state index in [0.29, 0.717) is 16.0 Å². The number of nitrogens with one attached hydrogen (secondary N) is 2. The van der Waals surface area contributed by atoms with E-state index in [1.165, 1.54) is 0 Å². The highest BCUT2D eigenvalue weighted by atomic mass is 79.9. The minimum atomic E-state index is -0.357. The van der Waals surface area contributed by atoms with Gasteiger partial charge in [0, 0.05) is 0 Å². The number of carbonyl (C=O) groups is 1. The van der Waals surface area contributed by atoms with Crippen LogP contribution in [0.3, 0.4) is 0 Å². The monoisotopic (exact) mass is 323 g/mol. The van der Waals surface area contributed by atoms with E-state index < -0.39 is 0 Å². The summed E-state index contributed by atoms with van der Waals surface area (Å²) < 4.78 is 0.701. The van der Waals surface area contributed by atoms with Gasteiger partial charge in [-0.15, -0.1) is 0 Å². The maximum atomic E-state index is 12.0. The first-order valence-corrected chi connectivity index (χ1v) is 6.55. The Morgan fingerprint density at radius 2 is 2.21 bits per heavy atom. The molecule has 2 aromatic heterocycles. The zero-order valence-corrected chi connectivity index (χ0v) is 12.2. The summed E-state index contributed by atoms with van der Waals surface area (Å²) in [6.07, 6.45) is 1.55. The molecule has 6 nitrogen and oxygen atoms in total. The Hall–Kier alpha value is -1.89. The number of nitrogens with two attached hydrogens (primary N) is 1. The molecule has 2 aromatic rings. The average Bonchev–Trinajstić information content (AvgIpc) is 2.74. The van der Waals surface area contributed by atoms with Gasteiger partial charge in [0.15, 0.2) is 5.69 Å². The largest absolute Gasteiger partial charge is 0.395 e. The molecule has 0 saturated carbocycles. The fourth-order valence-electron chi connectivity index (χ4n) is 1.62. The molecule has 7 heteroatoms. The Morgan fingerprint density at radius 3 is 2.74 bits per heavy atom. The lowest BCUT2D eigenvalue weighted by atomic mass is 10.1. The van der Waals surface area contributed by atoms with Gasteiger partial charge in [-0.1, -0.05) is 13.8 Å². The van der Waals surface area contributed by atoms with Crippen LogP contribution in [0.4, 0.5) is 11.4 Å². The standard InChI is InChI=1S/C12H14BrN5O/c1-6(2)10-9(14)11(18-17-10)12(19)16-7-3-4-8(13)15-5-7/h3-6H,14H2,1-2H3,(H,16,19)(H,17,18). The molecule has 0 aliphatic heterocycles. The van der Waals surface area contributed by atoms with Crippen molar-refractivity contribution in [3.8, 4) is 0 Å². The van der Waals surface area contributed by atoms with Gasteiger partial charge in [0.25, 0.3) is 5.91 Å². The molecule has 1 amide bonds. The third kappa shape index (κ3) is 2.93. The predicted molar refractivity (Wildman–Crippen MR) is 77.0 cm³/mol. The smallest absolute Gasteiger partial charge is 0.278 e. The van der Waals surface area contributed by atoms with E-state index in [4.69, 9.17) is 5.73 Å². The Morgan fingerprint density at radius 1 is 1.47 bits per heavy atom. The number of aromatic amines is 1. The first kappa shape index (κ1) is 13.5. The van der Waals surface area contributed by atoms with Gasteiger partial charge in [-0.05, 0) is 34.0 Å². The van der Waals surface area contributed by atoms with Crippen molar-refractivity contribution in [1.29, 1.82) is 0 Å². The van der Waals surface area contributed by atoms with Crippen molar-refractivity contribution in [2.75, 3.05) is 11.1 Å². The summed E-state index contributed by atoms with van der Waals surface area (Å²) in [5.74, 6) is -0.173. The Kier molecular flexibility index (Phi) is 3.84. The number of hydrogen-bond donors (Lipinski definition) is 3. The second-order valence-electron chi connectivity index (χ2n) is 4.38. The SMILES string of the molecule is CC(C)c1[nH]nc(C(=O)Nc2ccc(Br)nc2)c1N. The van der Waals surface area contributed by atoms with Crippen LogP contribution < -0.4 is 11.1 Å². The molecule has 0 aliphatic rings. The molecular formula is C12H14BrN5O. The second kappa shape index (κ2) is 5.40. The molecule has 0 fully saturated rings. The first-order chi connectivity index (χ1) is 8.99. The first-order valence-electron chi connectivity index (χ1n) is 5.75. The van der Waals surface area contributed by atoms with Crippen molar-refractivity contribution < 1.29 is 4.79 Å². The van der Waals surface area contributed by atoms with Crippen LogP contribution in [0.15, 0.2) is 22.9 Å². The van der Waals surface area contributed by atoms with Crippen molar-refractivity contribution in [2.45, 2.75) is 19.8 Å². The summed E-state index contributed by atoms with van der Waals surface area (Å²) in [5.41, 5.74) is 7.84. The highest BCUT2D eigenvalue weighted by Crippen LogP contribution is 2.22. The molecule has 0 aromatic carbocycles. The number of nitrogen functional groups attached to an aromatic ring is 1. The Bertz CT molecular complexity index is 591. The fraction of sp³-hybridized carbons (Fsp3) is 0.250. The number of anilines is 2. The molecule has 100 valence electrons. The number of aromatic nitrogens is 3. The molecule has 2 rings (SSSR count). The van der Waals surface area contributed by atoms with Gasteiger partial charge in [0.2, 0.25) is 0 Å². The number of carbonyl (C=O) groups excluding carboxylic acids is 1. The predicted octanol–water partition coefficient (Wildman–Crippen LogP) is 2.53. The van der Waals surface area contributed by atoms with Crippen LogP contribution in [-0.4, -0.2) is 21.1 Å². The van der Waals surface area contributed by atoms with Crippen LogP contribution in [0.5, 0.6) is 0 Å². The lowest BCUT2D eigenvalue weighted by Crippen LogP contribution is -2.14. The topological polar surface area (TPSA) is 96.7 Å². The van der Waals surface area contributed by atoms with Crippen LogP contribution in [-0.2, 0) is 0 Å². The summed E-state index contributed by atoms with van der Waals surface area (Å²) in [6.45, 7) is 3.95. The van der Waals surface area contributed by atoms with E-state index in [-0.39, 0.29) is 17.5 Å². The average molecular weight is 324 g/mol. The van der Waals surface area contributed by atoms with Gasteiger partial charge in [-0.3, -0.25) is 9.89 Å². The van der Waals surface area contributed by atoms with E-state index >= 15 is 0 Å². The molecule has 0 saturated heterocycles. The number of nitrogens with zero attached hydrogens (tertiary/aromatic N) is 2. The van der Waals surface area contributed by atoms with Crippen molar-refractivity contribution in [1.82, 2.24) is 15.2 Å². The highest BCUT2D eigenvalue weighted by molar-refractivity contribution is 9.10. The molecule has 4 N–H and O–H groups in total. The zero-order chi connectivity index (χ0) is 14.0. The van der Waals surface area contributed by atoms with Crippen LogP contribution >= 0.6 is 15.9 Å². The molecule has 0 radical (unpaired) electrons. The quantitative estimate of drug-likeness (QED) is 0.756. The summed E-state index contributed by atoms with van der Waals surface area (Å²) in [7, 11) is 0. The lowest BCUT2D eigenvalue weighted by molar-refractivity contribution is 0.102. The van der Waals surface area contributed by atoms with Gasteiger partial charge in [-0.2, -0.15) is 5.10 Å². The minimum Gasteiger partial charge on any atom is -0.395 e. The number of amides is 1. The van der Waals surface area contributed by atoms with Gasteiger partial charge in [-0.25, -0.2) is 4.98 Å². The van der Waals surface area contributed by atoms with Crippen LogP contribution in [0.1, 0.15) is 35.9 Å². The van der Waals surface area contributed by atoms with Crippen molar-refractivity contribution >= 4 is 33.2 Å². The van der Waals surface area contributed by atoms with Gasteiger partial charge in [0.05, 0.1) is 23.3 Å². The van der Waals surface area contributed by atoms with E-state index in [1.54, 1.807) is 18.3 Å². The van der Waals surface area contributed by atoms with Gasteiger partial charge >= 0.3 is 0 Å². The fourth-order valence-corrected chi connectivity index (χ4v) is 1.85. The molecule has 19 heavy (non-hydrogen) atoms. The van der Waals surface area contributed by atoms with Gasteiger partial charge in [0.1, 0.15) is 4.60 Å². The van der Waals surface area contributed by atoms with Crippen LogP contribution in [0.25, 0.3) is 0 Å². The normalized spacial score (nSPS) is 10.7. The number of rotatable bonds is 3. The molecule has 0 unspecified atom stereocenters. The Balaban J connectivity index is 2.18. The maximum absolute atomic E-state index is 12.0. The summed E-state index contributed by atoms with van der Waals surface area (Å²) in [6, 6.07) is 3.48. The lowest BCUT2D eigenvalue weighted by Gasteiger charge is -2.04. The van der Waals surface area contributed by atoms with E-state index in [0.717, 1.165) is 5.69 Å². The summed E-state index contributed by atoms with van der Waals surface area (Å²) in [4.78, 5) is 16.1. The van der Waals surface area contributed by atoms with Crippen molar-refractivity contribution in [3.05, 3.63) is 34.3 Å². The minimum absolute atomic E-state index is 0.184. The zero-order valence-electron chi connectivity index (χ0n) is 10.6. The van der Waals surface area contributed by atoms with Crippen LogP contribution in [0, 0.1) is 0 Å². The number of pyridine rings is 1. The third-order valence-electron chi connectivity index (χ3n) is 2.61. The molecular weight excluding hydrogens is 310 g/mol. The summed E-state index contributed by atoms with van der Waals surface area (Å²) >= 11 is 3.23. The number of halogens is 1. The molecule has 0 atom stereocenters. The second-order valence-corrected chi connectivity index (χ2v) is 5.19. The van der Waals surface area contributed by atoms with E-state index in [9.17, 15) is 4.79 Å². The van der Waals surface area contributed by atoms with E-state index in [2.05, 4.69) is 36.4 Å². The highest BCUT2D eigenvalue weighted by Gasteiger charge is 2.18. The number of H-pyrrole nitrogens is 1. The van der Waals surface area contributed by atoms with Crippen molar-refractivity contribution in [3.63, 3.8) is 0 Å². The third-order valence-corrected chi connectivity index (χ3v) is 3.08. The van der Waals surface area contributed by atoms with E-state index in [1.807, 2.05) is 13.8 Å². The molecule has 0 spiro atoms. The molecule has 0 bridgehead atoms. The number of hydrogen-bond acceptors (Lipinski definition) is 4. The van der Waals surface area contributed by atoms with Crippen LogP contribution in [0.2, 0.25) is 0 Å². The van der Waals surface area contributed by atoms with Crippen molar-refractivity contribution in [2.24, 2.45) is 0 Å². The maximum Gasteiger partial charge on any atom is 0.278 e. The van der Waals surface area contributed by atoms with Gasteiger partial charge < -0.3 is 11.1 Å². The summed E-state index contributed by atoms with van der Waals surface area (Å²) in [5, 5.41) is 9.44.